The van der Waals surface area contributed by atoms with Crippen molar-refractivity contribution in [1.29, 1.82) is 0 Å². The second-order valence-electron chi connectivity index (χ2n) is 4.94. The fraction of sp³-hybridized carbons (Fsp3) is 0.0526. The molecule has 0 spiro atoms. The van der Waals surface area contributed by atoms with Crippen LogP contribution in [0.3, 0.4) is 0 Å². The third kappa shape index (κ3) is 3.31. The summed E-state index contributed by atoms with van der Waals surface area (Å²) < 4.78 is 6.63. The predicted molar refractivity (Wildman–Crippen MR) is 92.0 cm³/mol. The van der Waals surface area contributed by atoms with Gasteiger partial charge in [0.15, 0.2) is 0 Å². The molecule has 0 heterocycles. The molecule has 3 rings (SSSR count). The monoisotopic (exact) mass is 354 g/mol. The first-order valence-electron chi connectivity index (χ1n) is 6.99. The topological polar surface area (TPSA) is 29.5 Å². The summed E-state index contributed by atoms with van der Waals surface area (Å²) in [7, 11) is 0. The molecule has 0 saturated heterocycles. The number of aromatic hydroxyl groups is 1. The SMILES string of the molecule is Oc1cc(-c2ccccc2OCc2ccccc2)ccc1Br. The standard InChI is InChI=1S/C19H15BrO2/c20-17-11-10-15(12-18(17)21)16-8-4-5-9-19(16)22-13-14-6-2-1-3-7-14/h1-12,21H,13H2. The number of halogens is 1. The second-order valence-corrected chi connectivity index (χ2v) is 5.79. The van der Waals surface area contributed by atoms with E-state index in [-0.39, 0.29) is 5.75 Å². The van der Waals surface area contributed by atoms with Crippen molar-refractivity contribution in [3.63, 3.8) is 0 Å². The van der Waals surface area contributed by atoms with E-state index in [1.807, 2.05) is 66.7 Å². The van der Waals surface area contributed by atoms with Crippen LogP contribution < -0.4 is 4.74 Å². The van der Waals surface area contributed by atoms with Crippen molar-refractivity contribution >= 4 is 15.9 Å². The van der Waals surface area contributed by atoms with Gasteiger partial charge in [0.2, 0.25) is 0 Å². The van der Waals surface area contributed by atoms with E-state index >= 15 is 0 Å². The van der Waals surface area contributed by atoms with Gasteiger partial charge >= 0.3 is 0 Å². The zero-order chi connectivity index (χ0) is 15.4. The smallest absolute Gasteiger partial charge is 0.130 e. The van der Waals surface area contributed by atoms with Gasteiger partial charge in [0, 0.05) is 5.56 Å². The van der Waals surface area contributed by atoms with Gasteiger partial charge in [0.25, 0.3) is 0 Å². The third-order valence-electron chi connectivity index (χ3n) is 3.38. The Morgan fingerprint density at radius 1 is 0.864 bits per heavy atom. The molecule has 0 fully saturated rings. The molecular weight excluding hydrogens is 340 g/mol. The Morgan fingerprint density at radius 2 is 1.59 bits per heavy atom. The van der Waals surface area contributed by atoms with Crippen molar-refractivity contribution in [2.24, 2.45) is 0 Å². The van der Waals surface area contributed by atoms with Gasteiger partial charge in [-0.15, -0.1) is 0 Å². The molecule has 0 aliphatic rings. The molecule has 0 amide bonds. The molecule has 0 saturated carbocycles. The Kier molecular flexibility index (Phi) is 4.45. The first kappa shape index (κ1) is 14.7. The van der Waals surface area contributed by atoms with Gasteiger partial charge < -0.3 is 9.84 Å². The van der Waals surface area contributed by atoms with Crippen molar-refractivity contribution in [2.75, 3.05) is 0 Å². The molecule has 0 bridgehead atoms. The molecule has 0 atom stereocenters. The van der Waals surface area contributed by atoms with Crippen molar-refractivity contribution in [1.82, 2.24) is 0 Å². The van der Waals surface area contributed by atoms with Crippen LogP contribution in [0.2, 0.25) is 0 Å². The highest BCUT2D eigenvalue weighted by Gasteiger charge is 2.08. The van der Waals surface area contributed by atoms with Crippen LogP contribution in [-0.2, 0) is 6.61 Å². The second kappa shape index (κ2) is 6.67. The summed E-state index contributed by atoms with van der Waals surface area (Å²) in [4.78, 5) is 0. The van der Waals surface area contributed by atoms with Crippen molar-refractivity contribution in [3.8, 4) is 22.6 Å². The fourth-order valence-electron chi connectivity index (χ4n) is 2.25. The Labute approximate surface area is 138 Å². The minimum absolute atomic E-state index is 0.218. The number of hydrogen-bond acceptors (Lipinski definition) is 2. The molecule has 0 aliphatic carbocycles. The highest BCUT2D eigenvalue weighted by molar-refractivity contribution is 9.10. The molecule has 3 heteroatoms. The Morgan fingerprint density at radius 3 is 2.36 bits per heavy atom. The molecule has 2 nitrogen and oxygen atoms in total. The largest absolute Gasteiger partial charge is 0.507 e. The molecule has 1 N–H and O–H groups in total. The highest BCUT2D eigenvalue weighted by Crippen LogP contribution is 2.34. The number of hydrogen-bond donors (Lipinski definition) is 1. The van der Waals surface area contributed by atoms with Crippen LogP contribution in [0.15, 0.2) is 77.3 Å². The van der Waals surface area contributed by atoms with E-state index in [0.29, 0.717) is 11.1 Å². The molecule has 3 aromatic carbocycles. The summed E-state index contributed by atoms with van der Waals surface area (Å²) in [6.45, 7) is 0.514. The highest BCUT2D eigenvalue weighted by atomic mass is 79.9. The van der Waals surface area contributed by atoms with E-state index in [4.69, 9.17) is 4.74 Å². The van der Waals surface area contributed by atoms with Crippen LogP contribution in [0.4, 0.5) is 0 Å². The molecular formula is C19H15BrO2. The maximum absolute atomic E-state index is 9.87. The van der Waals surface area contributed by atoms with Gasteiger partial charge in [0.05, 0.1) is 4.47 Å². The molecule has 3 aromatic rings. The molecule has 0 aromatic heterocycles. The lowest BCUT2D eigenvalue weighted by Gasteiger charge is -2.12. The number of phenolic OH excluding ortho intramolecular Hbond substituents is 1. The van der Waals surface area contributed by atoms with E-state index in [9.17, 15) is 5.11 Å². The zero-order valence-corrected chi connectivity index (χ0v) is 13.5. The quantitative estimate of drug-likeness (QED) is 0.679. The maximum atomic E-state index is 9.87. The fourth-order valence-corrected chi connectivity index (χ4v) is 2.49. The summed E-state index contributed by atoms with van der Waals surface area (Å²) in [6, 6.07) is 23.4. The number of rotatable bonds is 4. The van der Waals surface area contributed by atoms with Crippen molar-refractivity contribution in [3.05, 3.63) is 82.8 Å². The summed E-state index contributed by atoms with van der Waals surface area (Å²) in [5.41, 5.74) is 3.00. The number of ether oxygens (including phenoxy) is 1. The summed E-state index contributed by atoms with van der Waals surface area (Å²) in [6.07, 6.45) is 0. The molecule has 0 radical (unpaired) electrons. The Bertz CT molecular complexity index is 769. The van der Waals surface area contributed by atoms with Crippen LogP contribution in [-0.4, -0.2) is 5.11 Å². The molecule has 110 valence electrons. The molecule has 0 unspecified atom stereocenters. The van der Waals surface area contributed by atoms with Crippen LogP contribution >= 0.6 is 15.9 Å². The molecule has 0 aliphatic heterocycles. The minimum Gasteiger partial charge on any atom is -0.507 e. The summed E-state index contributed by atoms with van der Waals surface area (Å²) >= 11 is 3.30. The van der Waals surface area contributed by atoms with Gasteiger partial charge in [-0.2, -0.15) is 0 Å². The normalized spacial score (nSPS) is 10.4. The minimum atomic E-state index is 0.218. The van der Waals surface area contributed by atoms with Crippen LogP contribution in [0, 0.1) is 0 Å². The predicted octanol–water partition coefficient (Wildman–Crippen LogP) is 5.40. The third-order valence-corrected chi connectivity index (χ3v) is 4.05. The summed E-state index contributed by atoms with van der Waals surface area (Å²) in [5, 5.41) is 9.87. The number of benzene rings is 3. The van der Waals surface area contributed by atoms with E-state index in [1.54, 1.807) is 6.07 Å². The van der Waals surface area contributed by atoms with Gasteiger partial charge in [0.1, 0.15) is 18.1 Å². The average molecular weight is 355 g/mol. The first-order valence-corrected chi connectivity index (χ1v) is 7.78. The Balaban J connectivity index is 1.88. The maximum Gasteiger partial charge on any atom is 0.130 e. The lowest BCUT2D eigenvalue weighted by Crippen LogP contribution is -1.96. The summed E-state index contributed by atoms with van der Waals surface area (Å²) in [5.74, 6) is 1.02. The van der Waals surface area contributed by atoms with Crippen molar-refractivity contribution < 1.29 is 9.84 Å². The van der Waals surface area contributed by atoms with Gasteiger partial charge in [-0.05, 0) is 45.3 Å². The van der Waals surface area contributed by atoms with E-state index in [1.165, 1.54) is 0 Å². The van der Waals surface area contributed by atoms with E-state index in [0.717, 1.165) is 22.4 Å². The number of phenols is 1. The number of para-hydroxylation sites is 1. The lowest BCUT2D eigenvalue weighted by molar-refractivity contribution is 0.307. The van der Waals surface area contributed by atoms with Gasteiger partial charge in [-0.1, -0.05) is 54.6 Å². The van der Waals surface area contributed by atoms with E-state index in [2.05, 4.69) is 15.9 Å². The van der Waals surface area contributed by atoms with Crippen molar-refractivity contribution in [2.45, 2.75) is 6.61 Å². The average Bonchev–Trinajstić information content (AvgIpc) is 2.57. The van der Waals surface area contributed by atoms with Gasteiger partial charge in [-0.3, -0.25) is 0 Å². The van der Waals surface area contributed by atoms with Gasteiger partial charge in [-0.25, -0.2) is 0 Å². The van der Waals surface area contributed by atoms with Crippen LogP contribution in [0.25, 0.3) is 11.1 Å². The van der Waals surface area contributed by atoms with E-state index < -0.39 is 0 Å². The van der Waals surface area contributed by atoms with Crippen LogP contribution in [0.1, 0.15) is 5.56 Å². The molecule has 22 heavy (non-hydrogen) atoms. The zero-order valence-electron chi connectivity index (χ0n) is 11.9. The Hall–Kier alpha value is -2.26. The van der Waals surface area contributed by atoms with Crippen LogP contribution in [0.5, 0.6) is 11.5 Å². The first-order chi connectivity index (χ1) is 10.7. The lowest BCUT2D eigenvalue weighted by atomic mass is 10.0.